The van der Waals surface area contributed by atoms with Crippen LogP contribution < -0.4 is 5.32 Å². The molecular weight excluding hydrogens is 234 g/mol. The summed E-state index contributed by atoms with van der Waals surface area (Å²) >= 11 is 0. The van der Waals surface area contributed by atoms with Crippen LogP contribution in [0.4, 0.5) is 0 Å². The third-order valence-corrected chi connectivity index (χ3v) is 3.01. The summed E-state index contributed by atoms with van der Waals surface area (Å²) in [5.74, 6) is -1.21. The van der Waals surface area contributed by atoms with E-state index in [1.54, 1.807) is 0 Å². The van der Waals surface area contributed by atoms with E-state index in [1.165, 1.54) is 4.90 Å². The van der Waals surface area contributed by atoms with Crippen molar-refractivity contribution in [2.75, 3.05) is 6.54 Å². The SMILES string of the molecule is CC(C)C[C@@H](NC(=O)[C@@H]1CCCN1C#N)C(=O)O. The molecule has 18 heavy (non-hydrogen) atoms. The fourth-order valence-corrected chi connectivity index (χ4v) is 2.12. The van der Waals surface area contributed by atoms with Gasteiger partial charge in [0.05, 0.1) is 0 Å². The summed E-state index contributed by atoms with van der Waals surface area (Å²) in [6.07, 6.45) is 3.74. The predicted octanol–water partition coefficient (Wildman–Crippen LogP) is 0.547. The maximum atomic E-state index is 11.9. The number of hydrogen-bond acceptors (Lipinski definition) is 4. The van der Waals surface area contributed by atoms with Crippen molar-refractivity contribution in [3.63, 3.8) is 0 Å². The Morgan fingerprint density at radius 2 is 2.22 bits per heavy atom. The minimum absolute atomic E-state index is 0.182. The number of hydrogen-bond donors (Lipinski definition) is 2. The molecule has 0 radical (unpaired) electrons. The molecule has 0 aromatic rings. The molecule has 1 aliphatic rings. The standard InChI is InChI=1S/C12H19N3O3/c1-8(2)6-9(12(17)18)14-11(16)10-4-3-5-15(10)7-13/h8-10H,3-6H2,1-2H3,(H,14,16)(H,17,18)/t9-,10+/m1/s1. The zero-order chi connectivity index (χ0) is 13.7. The van der Waals surface area contributed by atoms with Crippen LogP contribution in [0.25, 0.3) is 0 Å². The van der Waals surface area contributed by atoms with E-state index in [-0.39, 0.29) is 11.8 Å². The zero-order valence-corrected chi connectivity index (χ0v) is 10.7. The summed E-state index contributed by atoms with van der Waals surface area (Å²) in [5, 5.41) is 20.4. The highest BCUT2D eigenvalue weighted by molar-refractivity contribution is 5.87. The van der Waals surface area contributed by atoms with E-state index in [9.17, 15) is 9.59 Å². The number of nitrogens with zero attached hydrogens (tertiary/aromatic N) is 2. The number of carbonyl (C=O) groups is 2. The first-order valence-corrected chi connectivity index (χ1v) is 6.15. The van der Waals surface area contributed by atoms with Crippen molar-refractivity contribution in [2.24, 2.45) is 5.92 Å². The van der Waals surface area contributed by atoms with Gasteiger partial charge in [0, 0.05) is 6.54 Å². The van der Waals surface area contributed by atoms with Crippen LogP contribution in [-0.2, 0) is 9.59 Å². The van der Waals surface area contributed by atoms with Crippen molar-refractivity contribution in [2.45, 2.75) is 45.2 Å². The quantitative estimate of drug-likeness (QED) is 0.698. The maximum absolute atomic E-state index is 11.9. The van der Waals surface area contributed by atoms with Crippen molar-refractivity contribution in [3.8, 4) is 6.19 Å². The average molecular weight is 253 g/mol. The Morgan fingerprint density at radius 1 is 1.56 bits per heavy atom. The Morgan fingerprint density at radius 3 is 2.72 bits per heavy atom. The van der Waals surface area contributed by atoms with E-state index >= 15 is 0 Å². The minimum atomic E-state index is -1.03. The van der Waals surface area contributed by atoms with E-state index < -0.39 is 18.1 Å². The topological polar surface area (TPSA) is 93.4 Å². The van der Waals surface area contributed by atoms with Crippen LogP contribution in [0.3, 0.4) is 0 Å². The van der Waals surface area contributed by atoms with E-state index in [0.717, 1.165) is 6.42 Å². The third-order valence-electron chi connectivity index (χ3n) is 3.01. The number of rotatable bonds is 5. The third kappa shape index (κ3) is 3.62. The molecule has 1 aliphatic heterocycles. The normalized spacial score (nSPS) is 20.6. The van der Waals surface area contributed by atoms with Gasteiger partial charge < -0.3 is 10.4 Å². The van der Waals surface area contributed by atoms with Crippen LogP contribution in [0.1, 0.15) is 33.1 Å². The molecule has 1 heterocycles. The van der Waals surface area contributed by atoms with Crippen LogP contribution in [0.15, 0.2) is 0 Å². The predicted molar refractivity (Wildman–Crippen MR) is 64.4 cm³/mol. The highest BCUT2D eigenvalue weighted by Gasteiger charge is 2.32. The van der Waals surface area contributed by atoms with Gasteiger partial charge in [-0.2, -0.15) is 5.26 Å². The molecule has 0 bridgehead atoms. The van der Waals surface area contributed by atoms with Gasteiger partial charge in [0.1, 0.15) is 12.1 Å². The number of carboxylic acid groups (broad SMARTS) is 1. The molecule has 6 nitrogen and oxygen atoms in total. The van der Waals surface area contributed by atoms with Crippen molar-refractivity contribution < 1.29 is 14.7 Å². The molecule has 0 aliphatic carbocycles. The first kappa shape index (κ1) is 14.3. The summed E-state index contributed by atoms with van der Waals surface area (Å²) < 4.78 is 0. The lowest BCUT2D eigenvalue weighted by molar-refractivity contribution is -0.142. The van der Waals surface area contributed by atoms with Crippen molar-refractivity contribution in [3.05, 3.63) is 0 Å². The van der Waals surface area contributed by atoms with Crippen molar-refractivity contribution >= 4 is 11.9 Å². The Balaban J connectivity index is 2.61. The van der Waals surface area contributed by atoms with Crippen LogP contribution in [-0.4, -0.2) is 40.5 Å². The molecule has 6 heteroatoms. The van der Waals surface area contributed by atoms with E-state index in [0.29, 0.717) is 19.4 Å². The zero-order valence-electron chi connectivity index (χ0n) is 10.7. The van der Waals surface area contributed by atoms with Gasteiger partial charge in [-0.1, -0.05) is 13.8 Å². The molecule has 1 fully saturated rings. The summed E-state index contributed by atoms with van der Waals surface area (Å²) in [5.41, 5.74) is 0. The second kappa shape index (κ2) is 6.24. The molecule has 0 unspecified atom stereocenters. The fraction of sp³-hybridized carbons (Fsp3) is 0.750. The monoisotopic (exact) mass is 253 g/mol. The van der Waals surface area contributed by atoms with Crippen LogP contribution in [0.2, 0.25) is 0 Å². The molecule has 1 saturated heterocycles. The molecule has 1 rings (SSSR count). The molecule has 0 spiro atoms. The van der Waals surface area contributed by atoms with E-state index in [2.05, 4.69) is 5.32 Å². The molecule has 0 aromatic heterocycles. The first-order valence-electron chi connectivity index (χ1n) is 6.15. The molecule has 0 aromatic carbocycles. The summed E-state index contributed by atoms with van der Waals surface area (Å²) in [6, 6.07) is -1.39. The molecule has 100 valence electrons. The van der Waals surface area contributed by atoms with Gasteiger partial charge in [-0.25, -0.2) is 4.79 Å². The van der Waals surface area contributed by atoms with Gasteiger partial charge in [-0.3, -0.25) is 9.69 Å². The van der Waals surface area contributed by atoms with Crippen LogP contribution in [0.5, 0.6) is 0 Å². The number of amides is 1. The van der Waals surface area contributed by atoms with Crippen LogP contribution in [0, 0.1) is 17.4 Å². The lowest BCUT2D eigenvalue weighted by Crippen LogP contribution is -2.48. The number of aliphatic carboxylic acids is 1. The van der Waals surface area contributed by atoms with Crippen LogP contribution >= 0.6 is 0 Å². The van der Waals surface area contributed by atoms with E-state index in [1.807, 2.05) is 20.0 Å². The summed E-state index contributed by atoms with van der Waals surface area (Å²) in [6.45, 7) is 4.37. The van der Waals surface area contributed by atoms with E-state index in [4.69, 9.17) is 10.4 Å². The average Bonchev–Trinajstić information content (AvgIpc) is 2.75. The van der Waals surface area contributed by atoms with Gasteiger partial charge in [0.15, 0.2) is 6.19 Å². The molecular formula is C12H19N3O3. The van der Waals surface area contributed by atoms with Gasteiger partial charge in [0.2, 0.25) is 5.91 Å². The Labute approximate surface area is 107 Å². The molecule has 2 atom stereocenters. The maximum Gasteiger partial charge on any atom is 0.326 e. The van der Waals surface area contributed by atoms with Crippen molar-refractivity contribution in [1.82, 2.24) is 10.2 Å². The fourth-order valence-electron chi connectivity index (χ4n) is 2.12. The summed E-state index contributed by atoms with van der Waals surface area (Å²) in [4.78, 5) is 24.4. The molecule has 0 saturated carbocycles. The van der Waals surface area contributed by atoms with Crippen molar-refractivity contribution in [1.29, 1.82) is 5.26 Å². The largest absolute Gasteiger partial charge is 0.480 e. The van der Waals surface area contributed by atoms with Gasteiger partial charge in [0.25, 0.3) is 0 Å². The number of carboxylic acids is 1. The highest BCUT2D eigenvalue weighted by atomic mass is 16.4. The lowest BCUT2D eigenvalue weighted by Gasteiger charge is -2.21. The number of nitrogens with one attached hydrogen (secondary N) is 1. The highest BCUT2D eigenvalue weighted by Crippen LogP contribution is 2.16. The summed E-state index contributed by atoms with van der Waals surface area (Å²) in [7, 11) is 0. The number of nitriles is 1. The Bertz CT molecular complexity index is 362. The van der Waals surface area contributed by atoms with Gasteiger partial charge in [-0.05, 0) is 25.2 Å². The number of carbonyl (C=O) groups excluding carboxylic acids is 1. The lowest BCUT2D eigenvalue weighted by atomic mass is 10.0. The molecule has 1 amide bonds. The number of likely N-dealkylation sites (tertiary alicyclic amines) is 1. The van der Waals surface area contributed by atoms with Gasteiger partial charge in [-0.15, -0.1) is 0 Å². The Hall–Kier alpha value is -1.77. The van der Waals surface area contributed by atoms with Gasteiger partial charge >= 0.3 is 5.97 Å². The smallest absolute Gasteiger partial charge is 0.326 e. The second-order valence-corrected chi connectivity index (χ2v) is 4.98. The minimum Gasteiger partial charge on any atom is -0.480 e. The first-order chi connectivity index (χ1) is 8.45. The molecule has 2 N–H and O–H groups in total. The second-order valence-electron chi connectivity index (χ2n) is 4.98. The Kier molecular flexibility index (Phi) is 4.95.